The van der Waals surface area contributed by atoms with E-state index in [-0.39, 0.29) is 6.42 Å². The second kappa shape index (κ2) is 10.2. The molecule has 0 aromatic heterocycles. The van der Waals surface area contributed by atoms with E-state index in [1.807, 2.05) is 0 Å². The molecule has 0 aliphatic heterocycles. The molecule has 0 amide bonds. The lowest BCUT2D eigenvalue weighted by Crippen LogP contribution is -2.24. The molecule has 134 valence electrons. The third kappa shape index (κ3) is 6.62. The fourth-order valence-corrected chi connectivity index (χ4v) is 3.48. The van der Waals surface area contributed by atoms with Crippen LogP contribution >= 0.6 is 55.1 Å². The lowest BCUT2D eigenvalue weighted by molar-refractivity contribution is -0.140. The molecule has 8 heteroatoms. The van der Waals surface area contributed by atoms with Crippen molar-refractivity contribution in [2.45, 2.75) is 9.65 Å². The highest BCUT2D eigenvalue weighted by Crippen LogP contribution is 2.42. The van der Waals surface area contributed by atoms with Crippen LogP contribution in [-0.4, -0.2) is 24.2 Å². The van der Waals surface area contributed by atoms with E-state index in [0.717, 1.165) is 0 Å². The number of benzene rings is 2. The number of carboxylic acids is 1. The van der Waals surface area contributed by atoms with E-state index in [9.17, 15) is 9.59 Å². The molecule has 25 heavy (non-hydrogen) atoms. The summed E-state index contributed by atoms with van der Waals surface area (Å²) < 4.78 is 3.56. The number of rotatable bonds is 4. The SMILES string of the molecule is COC(=O)C(Br)(Br)c1ccccc1Cl.O=C(O)Cc1ccccc1Cl. The topological polar surface area (TPSA) is 63.6 Å². The first-order chi connectivity index (χ1) is 11.7. The zero-order chi connectivity index (χ0) is 19.0. The van der Waals surface area contributed by atoms with E-state index in [1.165, 1.54) is 7.11 Å². The van der Waals surface area contributed by atoms with Gasteiger partial charge in [0.15, 0.2) is 0 Å². The van der Waals surface area contributed by atoms with Crippen molar-refractivity contribution in [3.05, 3.63) is 69.7 Å². The molecule has 0 aliphatic rings. The van der Waals surface area contributed by atoms with E-state index in [1.54, 1.807) is 48.5 Å². The Balaban J connectivity index is 0.000000257. The van der Waals surface area contributed by atoms with Gasteiger partial charge in [-0.05, 0) is 17.7 Å². The number of ether oxygens (including phenoxy) is 1. The van der Waals surface area contributed by atoms with Gasteiger partial charge in [-0.3, -0.25) is 4.79 Å². The van der Waals surface area contributed by atoms with Crippen molar-refractivity contribution in [3.63, 3.8) is 0 Å². The standard InChI is InChI=1S/C9H7Br2ClO2.C8H7ClO2/c1-14-8(13)9(10,11)6-4-2-3-5-7(6)12;9-7-4-2-1-3-6(7)5-8(10)11/h2-5H,1H3;1-4H,5H2,(H,10,11). The highest BCUT2D eigenvalue weighted by Gasteiger charge is 2.37. The summed E-state index contributed by atoms with van der Waals surface area (Å²) in [5.41, 5.74) is 1.27. The van der Waals surface area contributed by atoms with E-state index in [0.29, 0.717) is 21.2 Å². The molecular formula is C17H14Br2Cl2O4. The average molecular weight is 513 g/mol. The van der Waals surface area contributed by atoms with Gasteiger partial charge in [-0.15, -0.1) is 0 Å². The molecule has 0 fully saturated rings. The predicted molar refractivity (Wildman–Crippen MR) is 106 cm³/mol. The molecule has 2 aromatic rings. The summed E-state index contributed by atoms with van der Waals surface area (Å²) in [7, 11) is 1.32. The van der Waals surface area contributed by atoms with Crippen LogP contribution in [0.25, 0.3) is 0 Å². The number of carbonyl (C=O) groups is 2. The molecule has 0 heterocycles. The van der Waals surface area contributed by atoms with Gasteiger partial charge in [-0.25, -0.2) is 4.79 Å². The van der Waals surface area contributed by atoms with Crippen molar-refractivity contribution < 1.29 is 19.4 Å². The zero-order valence-corrected chi connectivity index (χ0v) is 17.7. The van der Waals surface area contributed by atoms with Crippen molar-refractivity contribution in [1.82, 2.24) is 0 Å². The molecule has 2 aromatic carbocycles. The second-order valence-corrected chi connectivity index (χ2v) is 8.97. The van der Waals surface area contributed by atoms with Gasteiger partial charge in [0.05, 0.1) is 13.5 Å². The molecule has 0 saturated carbocycles. The van der Waals surface area contributed by atoms with Gasteiger partial charge in [0.1, 0.15) is 0 Å². The van der Waals surface area contributed by atoms with Gasteiger partial charge >= 0.3 is 11.9 Å². The Morgan fingerprint density at radius 2 is 1.56 bits per heavy atom. The maximum Gasteiger partial charge on any atom is 0.338 e. The Morgan fingerprint density at radius 1 is 1.04 bits per heavy atom. The number of hydrogen-bond donors (Lipinski definition) is 1. The highest BCUT2D eigenvalue weighted by atomic mass is 79.9. The summed E-state index contributed by atoms with van der Waals surface area (Å²) in [6.45, 7) is 0. The third-order valence-corrected chi connectivity index (χ3v) is 5.15. The van der Waals surface area contributed by atoms with Crippen molar-refractivity contribution >= 4 is 67.0 Å². The van der Waals surface area contributed by atoms with Gasteiger partial charge in [0.2, 0.25) is 3.23 Å². The van der Waals surface area contributed by atoms with E-state index in [4.69, 9.17) is 28.3 Å². The normalized spacial score (nSPS) is 10.4. The second-order valence-electron chi connectivity index (χ2n) is 4.71. The van der Waals surface area contributed by atoms with E-state index < -0.39 is 15.2 Å². The van der Waals surface area contributed by atoms with Crippen LogP contribution in [-0.2, 0) is 24.0 Å². The van der Waals surface area contributed by atoms with Crippen LogP contribution in [0, 0.1) is 0 Å². The van der Waals surface area contributed by atoms with Gasteiger partial charge in [-0.2, -0.15) is 0 Å². The lowest BCUT2D eigenvalue weighted by Gasteiger charge is -2.18. The number of methoxy groups -OCH3 is 1. The number of carboxylic acid groups (broad SMARTS) is 1. The molecule has 2 rings (SSSR count). The van der Waals surface area contributed by atoms with Crippen LogP contribution in [0.3, 0.4) is 0 Å². The Labute approximate surface area is 172 Å². The first-order valence-corrected chi connectivity index (χ1v) is 9.20. The molecule has 1 N–H and O–H groups in total. The van der Waals surface area contributed by atoms with Gasteiger partial charge in [0, 0.05) is 15.6 Å². The van der Waals surface area contributed by atoms with Crippen molar-refractivity contribution in [2.75, 3.05) is 7.11 Å². The fourth-order valence-electron chi connectivity index (χ4n) is 1.76. The average Bonchev–Trinajstić information content (AvgIpc) is 2.56. The number of hydrogen-bond acceptors (Lipinski definition) is 3. The minimum atomic E-state index is -1.08. The maximum atomic E-state index is 11.4. The number of esters is 1. The smallest absolute Gasteiger partial charge is 0.338 e. The first-order valence-electron chi connectivity index (χ1n) is 6.86. The molecule has 0 atom stereocenters. The Bertz CT molecular complexity index is 751. The number of halogens is 4. The van der Waals surface area contributed by atoms with Crippen LogP contribution in [0.15, 0.2) is 48.5 Å². The molecule has 4 nitrogen and oxygen atoms in total. The molecule has 0 radical (unpaired) electrons. The summed E-state index contributed by atoms with van der Waals surface area (Å²) in [4.78, 5) is 21.7. The first kappa shape index (κ1) is 22.0. The summed E-state index contributed by atoms with van der Waals surface area (Å²) in [5, 5.41) is 9.43. The number of aliphatic carboxylic acids is 1. The molecule has 0 bridgehead atoms. The largest absolute Gasteiger partial charge is 0.481 e. The zero-order valence-electron chi connectivity index (χ0n) is 13.0. The molecule has 0 aliphatic carbocycles. The summed E-state index contributed by atoms with van der Waals surface area (Å²) in [6.07, 6.45) is -0.0142. The summed E-state index contributed by atoms with van der Waals surface area (Å²) in [6, 6.07) is 14.0. The minimum Gasteiger partial charge on any atom is -0.481 e. The quantitative estimate of drug-likeness (QED) is 0.439. The Kier molecular flexibility index (Phi) is 8.93. The van der Waals surface area contributed by atoms with Crippen LogP contribution in [0.4, 0.5) is 0 Å². The summed E-state index contributed by atoms with van der Waals surface area (Å²) in [5.74, 6) is -1.32. The number of alkyl halides is 2. The molecule has 0 unspecified atom stereocenters. The predicted octanol–water partition coefficient (Wildman–Crippen LogP) is 5.42. The maximum absolute atomic E-state index is 11.4. The van der Waals surface area contributed by atoms with Crippen LogP contribution < -0.4 is 0 Å². The lowest BCUT2D eigenvalue weighted by atomic mass is 10.1. The monoisotopic (exact) mass is 510 g/mol. The molecule has 0 spiro atoms. The van der Waals surface area contributed by atoms with Crippen molar-refractivity contribution in [1.29, 1.82) is 0 Å². The molecular weight excluding hydrogens is 499 g/mol. The van der Waals surface area contributed by atoms with Gasteiger partial charge in [0.25, 0.3) is 0 Å². The van der Waals surface area contributed by atoms with Crippen LogP contribution in [0.5, 0.6) is 0 Å². The fraction of sp³-hybridized carbons (Fsp3) is 0.176. The Hall–Kier alpha value is -1.08. The minimum absolute atomic E-state index is 0.0142. The van der Waals surface area contributed by atoms with E-state index in [2.05, 4.69) is 36.6 Å². The van der Waals surface area contributed by atoms with Crippen LogP contribution in [0.2, 0.25) is 10.0 Å². The third-order valence-electron chi connectivity index (χ3n) is 2.95. The van der Waals surface area contributed by atoms with E-state index >= 15 is 0 Å². The van der Waals surface area contributed by atoms with Gasteiger partial charge in [-0.1, -0.05) is 91.5 Å². The van der Waals surface area contributed by atoms with Crippen LogP contribution in [0.1, 0.15) is 11.1 Å². The molecule has 0 saturated heterocycles. The summed E-state index contributed by atoms with van der Waals surface area (Å²) >= 11 is 18.1. The van der Waals surface area contributed by atoms with Gasteiger partial charge < -0.3 is 9.84 Å². The Morgan fingerprint density at radius 3 is 2.04 bits per heavy atom. The van der Waals surface area contributed by atoms with Crippen molar-refractivity contribution in [2.24, 2.45) is 0 Å². The van der Waals surface area contributed by atoms with Crippen molar-refractivity contribution in [3.8, 4) is 0 Å². The number of carbonyl (C=O) groups excluding carboxylic acids is 1. The highest BCUT2D eigenvalue weighted by molar-refractivity contribution is 9.25.